The number of carbonyl (C=O) groups is 1. The number of thiazole rings is 1. The first kappa shape index (κ1) is 14.0. The molecule has 0 saturated carbocycles. The van der Waals surface area contributed by atoms with E-state index < -0.39 is 0 Å². The molecule has 21 heavy (non-hydrogen) atoms. The van der Waals surface area contributed by atoms with Gasteiger partial charge in [0.25, 0.3) is 0 Å². The second-order valence-corrected chi connectivity index (χ2v) is 5.98. The second kappa shape index (κ2) is 5.84. The van der Waals surface area contributed by atoms with Crippen LogP contribution in [0.25, 0.3) is 20.8 Å². The van der Waals surface area contributed by atoms with Crippen LogP contribution in [0.5, 0.6) is 0 Å². The number of para-hydroxylation sites is 1. The number of hydrogen-bond acceptors (Lipinski definition) is 4. The van der Waals surface area contributed by atoms with Crippen LogP contribution in [0, 0.1) is 0 Å². The van der Waals surface area contributed by atoms with Gasteiger partial charge in [0, 0.05) is 10.6 Å². The molecule has 3 nitrogen and oxygen atoms in total. The van der Waals surface area contributed by atoms with Crippen LogP contribution < -0.4 is 0 Å². The Kier molecular flexibility index (Phi) is 3.90. The molecule has 0 unspecified atom stereocenters. The molecule has 0 radical (unpaired) electrons. The summed E-state index contributed by atoms with van der Waals surface area (Å²) in [6.07, 6.45) is 0.176. The zero-order valence-corrected chi connectivity index (χ0v) is 12.9. The molecule has 106 valence electrons. The largest absolute Gasteiger partial charge is 0.469 e. The zero-order chi connectivity index (χ0) is 14.8. The van der Waals surface area contributed by atoms with E-state index in [0.717, 1.165) is 26.4 Å². The highest BCUT2D eigenvalue weighted by atomic mass is 35.5. The third kappa shape index (κ3) is 2.91. The van der Waals surface area contributed by atoms with Crippen molar-refractivity contribution in [3.05, 3.63) is 53.1 Å². The van der Waals surface area contributed by atoms with Crippen molar-refractivity contribution < 1.29 is 9.53 Å². The molecule has 0 amide bonds. The summed E-state index contributed by atoms with van der Waals surface area (Å²) in [5, 5.41) is 1.47. The molecule has 3 rings (SSSR count). The van der Waals surface area contributed by atoms with E-state index in [1.165, 1.54) is 7.11 Å². The quantitative estimate of drug-likeness (QED) is 0.675. The molecule has 3 aromatic rings. The molecular formula is C16H12ClNO2S. The normalized spacial score (nSPS) is 10.8. The predicted molar refractivity (Wildman–Crippen MR) is 85.8 cm³/mol. The molecule has 0 fully saturated rings. The Balaban J connectivity index is 1.96. The number of aromatic nitrogens is 1. The maximum atomic E-state index is 11.3. The van der Waals surface area contributed by atoms with Crippen LogP contribution in [0.1, 0.15) is 5.56 Å². The van der Waals surface area contributed by atoms with Crippen molar-refractivity contribution in [1.29, 1.82) is 0 Å². The van der Waals surface area contributed by atoms with Gasteiger partial charge in [0.2, 0.25) is 0 Å². The van der Waals surface area contributed by atoms with Crippen molar-refractivity contribution in [3.63, 3.8) is 0 Å². The van der Waals surface area contributed by atoms with Gasteiger partial charge >= 0.3 is 5.97 Å². The fourth-order valence-electron chi connectivity index (χ4n) is 2.05. The number of benzene rings is 2. The Bertz CT molecular complexity index is 780. The number of carbonyl (C=O) groups excluding carboxylic acids is 1. The standard InChI is InChI=1S/C16H12ClNO2S/c1-20-15(19)9-10-6-7-11(8-12(10)17)16-18-13-4-2-3-5-14(13)21-16/h2-8H,9H2,1H3. The van der Waals surface area contributed by atoms with Crippen LogP contribution >= 0.6 is 22.9 Å². The molecule has 0 bridgehead atoms. The fraction of sp³-hybridized carbons (Fsp3) is 0.125. The number of halogens is 1. The highest BCUT2D eigenvalue weighted by Crippen LogP contribution is 2.32. The number of methoxy groups -OCH3 is 1. The van der Waals surface area contributed by atoms with Crippen molar-refractivity contribution >= 4 is 39.1 Å². The molecule has 2 aromatic carbocycles. The molecule has 0 N–H and O–H groups in total. The average molecular weight is 318 g/mol. The van der Waals surface area contributed by atoms with Crippen LogP contribution in [0.2, 0.25) is 5.02 Å². The van der Waals surface area contributed by atoms with Gasteiger partial charge in [0.1, 0.15) is 5.01 Å². The highest BCUT2D eigenvalue weighted by molar-refractivity contribution is 7.21. The summed E-state index contributed by atoms with van der Waals surface area (Å²) >= 11 is 7.87. The van der Waals surface area contributed by atoms with Crippen molar-refractivity contribution in [2.45, 2.75) is 6.42 Å². The minimum absolute atomic E-state index is 0.176. The third-order valence-electron chi connectivity index (χ3n) is 3.16. The molecular weight excluding hydrogens is 306 g/mol. The van der Waals surface area contributed by atoms with Crippen molar-refractivity contribution in [2.24, 2.45) is 0 Å². The van der Waals surface area contributed by atoms with E-state index in [9.17, 15) is 4.79 Å². The lowest BCUT2D eigenvalue weighted by atomic mass is 10.1. The maximum absolute atomic E-state index is 11.3. The van der Waals surface area contributed by atoms with Gasteiger partial charge in [0.05, 0.1) is 23.7 Å². The number of hydrogen-bond donors (Lipinski definition) is 0. The molecule has 5 heteroatoms. The summed E-state index contributed by atoms with van der Waals surface area (Å²) < 4.78 is 5.80. The molecule has 0 atom stereocenters. The first-order valence-electron chi connectivity index (χ1n) is 6.38. The molecule has 1 heterocycles. The van der Waals surface area contributed by atoms with E-state index in [4.69, 9.17) is 11.6 Å². The minimum Gasteiger partial charge on any atom is -0.469 e. The SMILES string of the molecule is COC(=O)Cc1ccc(-c2nc3ccccc3s2)cc1Cl. The van der Waals surface area contributed by atoms with Crippen molar-refractivity contribution in [1.82, 2.24) is 4.98 Å². The van der Waals surface area contributed by atoms with Crippen LogP contribution in [0.4, 0.5) is 0 Å². The number of rotatable bonds is 3. The minimum atomic E-state index is -0.301. The summed E-state index contributed by atoms with van der Waals surface area (Å²) in [5.74, 6) is -0.301. The van der Waals surface area contributed by atoms with Crippen LogP contribution in [-0.2, 0) is 16.0 Å². The van der Waals surface area contributed by atoms with Crippen molar-refractivity contribution in [3.8, 4) is 10.6 Å². The number of esters is 1. The molecule has 0 aliphatic heterocycles. The molecule has 0 spiro atoms. The third-order valence-corrected chi connectivity index (χ3v) is 4.59. The molecule has 1 aromatic heterocycles. The summed E-state index contributed by atoms with van der Waals surface area (Å²) in [4.78, 5) is 15.9. The second-order valence-electron chi connectivity index (χ2n) is 4.55. The highest BCUT2D eigenvalue weighted by Gasteiger charge is 2.11. The lowest BCUT2D eigenvalue weighted by Crippen LogP contribution is -2.04. The Morgan fingerprint density at radius 1 is 1.29 bits per heavy atom. The van der Waals surface area contributed by atoms with E-state index in [1.807, 2.05) is 42.5 Å². The first-order chi connectivity index (χ1) is 10.2. The number of ether oxygens (including phenoxy) is 1. The first-order valence-corrected chi connectivity index (χ1v) is 7.58. The summed E-state index contributed by atoms with van der Waals surface area (Å²) in [5.41, 5.74) is 2.69. The zero-order valence-electron chi connectivity index (χ0n) is 11.3. The van der Waals surface area contributed by atoms with E-state index in [1.54, 1.807) is 11.3 Å². The van der Waals surface area contributed by atoms with E-state index >= 15 is 0 Å². The lowest BCUT2D eigenvalue weighted by Gasteiger charge is -2.04. The topological polar surface area (TPSA) is 39.2 Å². The maximum Gasteiger partial charge on any atom is 0.310 e. The van der Waals surface area contributed by atoms with Gasteiger partial charge in [-0.05, 0) is 23.8 Å². The van der Waals surface area contributed by atoms with E-state index in [2.05, 4.69) is 9.72 Å². The van der Waals surface area contributed by atoms with Gasteiger partial charge in [-0.1, -0.05) is 35.9 Å². The molecule has 0 saturated heterocycles. The molecule has 0 aliphatic rings. The average Bonchev–Trinajstić information content (AvgIpc) is 2.93. The Hall–Kier alpha value is -1.91. The predicted octanol–water partition coefficient (Wildman–Crippen LogP) is 4.33. The Morgan fingerprint density at radius 3 is 2.81 bits per heavy atom. The van der Waals surface area contributed by atoms with Gasteiger partial charge in [-0.2, -0.15) is 0 Å². The lowest BCUT2D eigenvalue weighted by molar-refractivity contribution is -0.139. The molecule has 0 aliphatic carbocycles. The van der Waals surface area contributed by atoms with Crippen LogP contribution in [-0.4, -0.2) is 18.1 Å². The van der Waals surface area contributed by atoms with Gasteiger partial charge in [-0.15, -0.1) is 11.3 Å². The number of nitrogens with zero attached hydrogens (tertiary/aromatic N) is 1. The number of fused-ring (bicyclic) bond motifs is 1. The van der Waals surface area contributed by atoms with Gasteiger partial charge < -0.3 is 4.74 Å². The smallest absolute Gasteiger partial charge is 0.310 e. The van der Waals surface area contributed by atoms with E-state index in [-0.39, 0.29) is 12.4 Å². The monoisotopic (exact) mass is 317 g/mol. The Labute approximate surface area is 131 Å². The van der Waals surface area contributed by atoms with Gasteiger partial charge in [0.15, 0.2) is 0 Å². The van der Waals surface area contributed by atoms with Gasteiger partial charge in [-0.3, -0.25) is 4.79 Å². The fourth-order valence-corrected chi connectivity index (χ4v) is 3.26. The summed E-state index contributed by atoms with van der Waals surface area (Å²) in [7, 11) is 1.37. The van der Waals surface area contributed by atoms with E-state index in [0.29, 0.717) is 5.02 Å². The van der Waals surface area contributed by atoms with Crippen LogP contribution in [0.15, 0.2) is 42.5 Å². The summed E-state index contributed by atoms with van der Waals surface area (Å²) in [6.45, 7) is 0. The van der Waals surface area contributed by atoms with Crippen molar-refractivity contribution in [2.75, 3.05) is 7.11 Å². The Morgan fingerprint density at radius 2 is 2.10 bits per heavy atom. The van der Waals surface area contributed by atoms with Gasteiger partial charge in [-0.25, -0.2) is 4.98 Å². The summed E-state index contributed by atoms with van der Waals surface area (Å²) in [6, 6.07) is 13.6. The van der Waals surface area contributed by atoms with Crippen LogP contribution in [0.3, 0.4) is 0 Å².